The van der Waals surface area contributed by atoms with Crippen molar-refractivity contribution in [2.45, 2.75) is 0 Å². The highest BCUT2D eigenvalue weighted by molar-refractivity contribution is 6.27. The lowest BCUT2D eigenvalue weighted by Crippen LogP contribution is -2.36. The van der Waals surface area contributed by atoms with Gasteiger partial charge in [0.1, 0.15) is 0 Å². The third kappa shape index (κ3) is 0.981. The molecule has 0 saturated carbocycles. The summed E-state index contributed by atoms with van der Waals surface area (Å²) in [6.07, 6.45) is 7.23. The molecule has 0 saturated heterocycles. The maximum atomic E-state index is 11.1. The van der Waals surface area contributed by atoms with Crippen molar-refractivity contribution in [1.29, 1.82) is 0 Å². The number of carbonyl (C=O) groups excluding carboxylic acids is 1. The van der Waals surface area contributed by atoms with E-state index in [-0.39, 0.29) is 5.91 Å². The molecule has 3 nitrogen and oxygen atoms in total. The van der Waals surface area contributed by atoms with Crippen LogP contribution < -0.4 is 0 Å². The van der Waals surface area contributed by atoms with Gasteiger partial charge in [-0.15, -0.1) is 0 Å². The molecule has 0 aliphatic carbocycles. The lowest BCUT2D eigenvalue weighted by Gasteiger charge is -2.26. The van der Waals surface area contributed by atoms with Crippen molar-refractivity contribution >= 4 is 12.1 Å². The van der Waals surface area contributed by atoms with E-state index in [1.807, 2.05) is 18.2 Å². The molecule has 1 amide bonds. The molecule has 0 N–H and O–H groups in total. The molecule has 11 heavy (non-hydrogen) atoms. The molecule has 3 heteroatoms. The van der Waals surface area contributed by atoms with Crippen LogP contribution in [0.3, 0.4) is 0 Å². The molecular formula is C8H8N2O. The second-order valence-electron chi connectivity index (χ2n) is 2.50. The number of amides is 1. The molecule has 2 rings (SSSR count). The molecule has 0 radical (unpaired) electrons. The molecule has 0 aromatic carbocycles. The van der Waals surface area contributed by atoms with Crippen molar-refractivity contribution in [3.8, 4) is 0 Å². The van der Waals surface area contributed by atoms with Gasteiger partial charge in [0.25, 0.3) is 5.91 Å². The Hall–Kier alpha value is -1.38. The van der Waals surface area contributed by atoms with Gasteiger partial charge < -0.3 is 4.90 Å². The number of nitrogens with zero attached hydrogens (tertiary/aromatic N) is 2. The van der Waals surface area contributed by atoms with Crippen LogP contribution in [0.5, 0.6) is 0 Å². The van der Waals surface area contributed by atoms with Gasteiger partial charge in [0.2, 0.25) is 0 Å². The van der Waals surface area contributed by atoms with Crippen LogP contribution in [0, 0.1) is 0 Å². The van der Waals surface area contributed by atoms with Crippen molar-refractivity contribution in [2.75, 3.05) is 13.1 Å². The standard InChI is InChI=1S/C8H8N2O/c11-8-6-9-5-7-3-1-2-4-10(7)8/h1-3,6H,4-5H2. The highest BCUT2D eigenvalue weighted by Crippen LogP contribution is 2.12. The molecule has 2 aliphatic rings. The van der Waals surface area contributed by atoms with E-state index < -0.39 is 0 Å². The van der Waals surface area contributed by atoms with Gasteiger partial charge in [-0.3, -0.25) is 9.79 Å². The van der Waals surface area contributed by atoms with Crippen LogP contribution in [-0.2, 0) is 4.79 Å². The first-order chi connectivity index (χ1) is 5.38. The van der Waals surface area contributed by atoms with Gasteiger partial charge in [-0.2, -0.15) is 0 Å². The van der Waals surface area contributed by atoms with Crippen LogP contribution >= 0.6 is 0 Å². The average Bonchev–Trinajstić information content (AvgIpc) is 2.06. The Bertz CT molecular complexity index is 276. The summed E-state index contributed by atoms with van der Waals surface area (Å²) in [6.45, 7) is 1.33. The van der Waals surface area contributed by atoms with Crippen LogP contribution in [-0.4, -0.2) is 30.1 Å². The highest BCUT2D eigenvalue weighted by Gasteiger charge is 2.19. The fourth-order valence-corrected chi connectivity index (χ4v) is 1.21. The Labute approximate surface area is 64.7 Å². The summed E-state index contributed by atoms with van der Waals surface area (Å²) in [6, 6.07) is 0. The SMILES string of the molecule is O=C1C=NCC2=CC=CCN12. The van der Waals surface area contributed by atoms with E-state index in [1.54, 1.807) is 4.90 Å². The zero-order chi connectivity index (χ0) is 7.68. The third-order valence-electron chi connectivity index (χ3n) is 1.78. The average molecular weight is 148 g/mol. The Morgan fingerprint density at radius 3 is 3.27 bits per heavy atom. The van der Waals surface area contributed by atoms with Crippen LogP contribution in [0.4, 0.5) is 0 Å². The summed E-state index contributed by atoms with van der Waals surface area (Å²) in [5.74, 6) is -0.00755. The van der Waals surface area contributed by atoms with E-state index in [2.05, 4.69) is 4.99 Å². The summed E-state index contributed by atoms with van der Waals surface area (Å²) >= 11 is 0. The maximum absolute atomic E-state index is 11.1. The lowest BCUT2D eigenvalue weighted by atomic mass is 10.2. The van der Waals surface area contributed by atoms with Gasteiger partial charge in [-0.1, -0.05) is 12.2 Å². The smallest absolute Gasteiger partial charge is 0.269 e. The summed E-state index contributed by atoms with van der Waals surface area (Å²) in [5, 5.41) is 0. The van der Waals surface area contributed by atoms with Gasteiger partial charge in [0.05, 0.1) is 12.8 Å². The van der Waals surface area contributed by atoms with Crippen molar-refractivity contribution < 1.29 is 4.79 Å². The lowest BCUT2D eigenvalue weighted by molar-refractivity contribution is -0.121. The molecule has 2 heterocycles. The minimum absolute atomic E-state index is 0.00755. The molecule has 0 aromatic rings. The summed E-state index contributed by atoms with van der Waals surface area (Å²) in [4.78, 5) is 16.8. The molecule has 56 valence electrons. The Balaban J connectivity index is 2.34. The van der Waals surface area contributed by atoms with Crippen LogP contribution in [0.25, 0.3) is 0 Å². The Kier molecular flexibility index (Phi) is 1.35. The molecule has 0 fully saturated rings. The molecular weight excluding hydrogens is 140 g/mol. The van der Waals surface area contributed by atoms with Crippen LogP contribution in [0.2, 0.25) is 0 Å². The van der Waals surface area contributed by atoms with E-state index in [0.717, 1.165) is 5.70 Å². The van der Waals surface area contributed by atoms with Gasteiger partial charge in [-0.05, 0) is 6.08 Å². The quantitative estimate of drug-likeness (QED) is 0.488. The molecule has 2 aliphatic heterocycles. The van der Waals surface area contributed by atoms with E-state index in [0.29, 0.717) is 13.1 Å². The normalized spacial score (nSPS) is 21.6. The summed E-state index contributed by atoms with van der Waals surface area (Å²) in [5.41, 5.74) is 1.00. The first-order valence-electron chi connectivity index (χ1n) is 3.55. The zero-order valence-electron chi connectivity index (χ0n) is 6.03. The summed E-state index contributed by atoms with van der Waals surface area (Å²) in [7, 11) is 0. The predicted octanol–water partition coefficient (Wildman–Crippen LogP) is 0.353. The Morgan fingerprint density at radius 1 is 1.55 bits per heavy atom. The second kappa shape index (κ2) is 2.34. The monoisotopic (exact) mass is 148 g/mol. The van der Waals surface area contributed by atoms with E-state index in [9.17, 15) is 4.79 Å². The first-order valence-corrected chi connectivity index (χ1v) is 3.55. The van der Waals surface area contributed by atoms with E-state index >= 15 is 0 Å². The Morgan fingerprint density at radius 2 is 2.45 bits per heavy atom. The van der Waals surface area contributed by atoms with Crippen molar-refractivity contribution in [3.05, 3.63) is 23.9 Å². The fourth-order valence-electron chi connectivity index (χ4n) is 1.21. The number of allylic oxidation sites excluding steroid dienone is 2. The van der Waals surface area contributed by atoms with Crippen LogP contribution in [0.1, 0.15) is 0 Å². The van der Waals surface area contributed by atoms with Crippen molar-refractivity contribution in [2.24, 2.45) is 4.99 Å². The topological polar surface area (TPSA) is 32.7 Å². The zero-order valence-corrected chi connectivity index (χ0v) is 6.03. The number of fused-ring (bicyclic) bond motifs is 1. The maximum Gasteiger partial charge on any atom is 0.269 e. The third-order valence-corrected chi connectivity index (χ3v) is 1.78. The van der Waals surface area contributed by atoms with Crippen molar-refractivity contribution in [1.82, 2.24) is 4.90 Å². The van der Waals surface area contributed by atoms with Gasteiger partial charge in [0, 0.05) is 12.2 Å². The summed E-state index contributed by atoms with van der Waals surface area (Å²) < 4.78 is 0. The highest BCUT2D eigenvalue weighted by atomic mass is 16.2. The number of hydrogen-bond acceptors (Lipinski definition) is 2. The molecule has 0 atom stereocenters. The van der Waals surface area contributed by atoms with Crippen LogP contribution in [0.15, 0.2) is 28.9 Å². The molecule has 0 spiro atoms. The number of rotatable bonds is 0. The number of aliphatic imine (C=N–C) groups is 1. The first kappa shape index (κ1) is 6.34. The second-order valence-corrected chi connectivity index (χ2v) is 2.50. The van der Waals surface area contributed by atoms with E-state index in [1.165, 1.54) is 6.21 Å². The number of carbonyl (C=O) groups is 1. The van der Waals surface area contributed by atoms with E-state index in [4.69, 9.17) is 0 Å². The fraction of sp³-hybridized carbons (Fsp3) is 0.250. The van der Waals surface area contributed by atoms with Gasteiger partial charge in [-0.25, -0.2) is 0 Å². The number of hydrogen-bond donors (Lipinski definition) is 0. The van der Waals surface area contributed by atoms with Gasteiger partial charge >= 0.3 is 0 Å². The van der Waals surface area contributed by atoms with Crippen molar-refractivity contribution in [3.63, 3.8) is 0 Å². The molecule has 0 bridgehead atoms. The predicted molar refractivity (Wildman–Crippen MR) is 42.3 cm³/mol. The minimum Gasteiger partial charge on any atom is -0.306 e. The molecule has 0 unspecified atom stereocenters. The largest absolute Gasteiger partial charge is 0.306 e. The molecule has 0 aromatic heterocycles. The van der Waals surface area contributed by atoms with Gasteiger partial charge in [0.15, 0.2) is 0 Å². The minimum atomic E-state index is -0.00755.